The summed E-state index contributed by atoms with van der Waals surface area (Å²) in [5.41, 5.74) is 3.42. The van der Waals surface area contributed by atoms with Crippen LogP contribution in [0.5, 0.6) is 0 Å². The lowest BCUT2D eigenvalue weighted by Gasteiger charge is -2.40. The fourth-order valence-electron chi connectivity index (χ4n) is 3.89. The lowest BCUT2D eigenvalue weighted by Crippen LogP contribution is -2.47. The van der Waals surface area contributed by atoms with Crippen LogP contribution in [-0.2, 0) is 12.5 Å². The van der Waals surface area contributed by atoms with Crippen LogP contribution in [-0.4, -0.2) is 38.8 Å². The Labute approximate surface area is 158 Å². The van der Waals surface area contributed by atoms with Gasteiger partial charge in [0.1, 0.15) is 0 Å². The maximum Gasteiger partial charge on any atom is 0.276 e. The second kappa shape index (κ2) is 6.68. The average molecular weight is 364 g/mol. The standard InChI is InChI=1S/C21H24N4O2/c1-15-17(13-22-24(15)3)19-12-18(23-27-19)20(26)25-11-7-10-21(2,14-25)16-8-5-4-6-9-16/h4-6,8-9,12-13H,7,10-11,14H2,1-3H3/t21-/m0/s1. The van der Waals surface area contributed by atoms with Crippen molar-refractivity contribution in [3.8, 4) is 11.3 Å². The molecule has 0 aliphatic carbocycles. The number of carbonyl (C=O) groups excluding carboxylic acids is 1. The largest absolute Gasteiger partial charge is 0.355 e. The Bertz CT molecular complexity index is 960. The summed E-state index contributed by atoms with van der Waals surface area (Å²) in [6.07, 6.45) is 3.78. The van der Waals surface area contributed by atoms with Crippen LogP contribution in [0.4, 0.5) is 0 Å². The summed E-state index contributed by atoms with van der Waals surface area (Å²) in [7, 11) is 1.87. The third kappa shape index (κ3) is 3.16. The Kier molecular flexibility index (Phi) is 4.34. The van der Waals surface area contributed by atoms with Crippen molar-refractivity contribution in [3.63, 3.8) is 0 Å². The Hall–Kier alpha value is -2.89. The number of aromatic nitrogens is 3. The number of rotatable bonds is 3. The molecule has 1 amide bonds. The van der Waals surface area contributed by atoms with Gasteiger partial charge in [0.05, 0.1) is 11.8 Å². The number of hydrogen-bond acceptors (Lipinski definition) is 4. The second-order valence-corrected chi connectivity index (χ2v) is 7.60. The molecule has 27 heavy (non-hydrogen) atoms. The number of hydrogen-bond donors (Lipinski definition) is 0. The normalized spacial score (nSPS) is 20.0. The molecular formula is C21H24N4O2. The minimum absolute atomic E-state index is 0.0400. The van der Waals surface area contributed by atoms with E-state index in [1.807, 2.05) is 24.9 Å². The van der Waals surface area contributed by atoms with Crippen molar-refractivity contribution in [3.05, 3.63) is 59.5 Å². The molecule has 1 aromatic carbocycles. The first-order valence-electron chi connectivity index (χ1n) is 9.28. The average Bonchev–Trinajstić information content (AvgIpc) is 3.29. The molecule has 1 aliphatic rings. The van der Waals surface area contributed by atoms with Crippen LogP contribution in [0.25, 0.3) is 11.3 Å². The number of nitrogens with zero attached hydrogens (tertiary/aromatic N) is 4. The lowest BCUT2D eigenvalue weighted by molar-refractivity contribution is 0.0640. The van der Waals surface area contributed by atoms with Crippen molar-refractivity contribution in [2.24, 2.45) is 7.05 Å². The van der Waals surface area contributed by atoms with E-state index in [0.717, 1.165) is 30.6 Å². The van der Waals surface area contributed by atoms with E-state index in [1.165, 1.54) is 5.56 Å². The second-order valence-electron chi connectivity index (χ2n) is 7.60. The molecular weight excluding hydrogens is 340 g/mol. The molecule has 6 nitrogen and oxygen atoms in total. The Morgan fingerprint density at radius 1 is 1.26 bits per heavy atom. The summed E-state index contributed by atoms with van der Waals surface area (Å²) in [6.45, 7) is 5.62. The maximum atomic E-state index is 13.0. The van der Waals surface area contributed by atoms with E-state index in [2.05, 4.69) is 41.4 Å². The molecule has 2 aromatic heterocycles. The van der Waals surface area contributed by atoms with Crippen LogP contribution >= 0.6 is 0 Å². The van der Waals surface area contributed by atoms with E-state index in [1.54, 1.807) is 16.9 Å². The number of benzene rings is 1. The summed E-state index contributed by atoms with van der Waals surface area (Å²) < 4.78 is 7.22. The molecule has 4 rings (SSSR count). The van der Waals surface area contributed by atoms with Crippen LogP contribution in [0.3, 0.4) is 0 Å². The highest BCUT2D eigenvalue weighted by Crippen LogP contribution is 2.34. The molecule has 0 bridgehead atoms. The van der Waals surface area contributed by atoms with E-state index in [9.17, 15) is 4.79 Å². The van der Waals surface area contributed by atoms with Crippen molar-refractivity contribution in [2.75, 3.05) is 13.1 Å². The van der Waals surface area contributed by atoms with Gasteiger partial charge in [0.25, 0.3) is 5.91 Å². The van der Waals surface area contributed by atoms with Crippen molar-refractivity contribution < 1.29 is 9.32 Å². The highest BCUT2D eigenvalue weighted by Gasteiger charge is 2.35. The van der Waals surface area contributed by atoms with Gasteiger partial charge in [0, 0.05) is 37.3 Å². The Morgan fingerprint density at radius 3 is 2.74 bits per heavy atom. The van der Waals surface area contributed by atoms with Gasteiger partial charge in [-0.2, -0.15) is 5.10 Å². The van der Waals surface area contributed by atoms with Gasteiger partial charge in [-0.25, -0.2) is 0 Å². The molecule has 6 heteroatoms. The van der Waals surface area contributed by atoms with Gasteiger partial charge in [-0.15, -0.1) is 0 Å². The summed E-state index contributed by atoms with van der Waals surface area (Å²) >= 11 is 0. The van der Waals surface area contributed by atoms with Crippen molar-refractivity contribution in [1.82, 2.24) is 19.8 Å². The summed E-state index contributed by atoms with van der Waals surface area (Å²) in [4.78, 5) is 14.9. The van der Waals surface area contributed by atoms with E-state index in [-0.39, 0.29) is 11.3 Å². The molecule has 1 atom stereocenters. The molecule has 1 fully saturated rings. The van der Waals surface area contributed by atoms with Gasteiger partial charge in [-0.05, 0) is 25.3 Å². The van der Waals surface area contributed by atoms with Crippen LogP contribution in [0.15, 0.2) is 47.1 Å². The molecule has 3 aromatic rings. The highest BCUT2D eigenvalue weighted by molar-refractivity contribution is 5.93. The Morgan fingerprint density at radius 2 is 2.04 bits per heavy atom. The molecule has 0 spiro atoms. The number of likely N-dealkylation sites (tertiary alicyclic amines) is 1. The Balaban J connectivity index is 1.55. The van der Waals surface area contributed by atoms with E-state index in [4.69, 9.17) is 4.52 Å². The third-order valence-corrected chi connectivity index (χ3v) is 5.68. The first kappa shape index (κ1) is 17.5. The number of amides is 1. The van der Waals surface area contributed by atoms with Crippen LogP contribution in [0.1, 0.15) is 41.5 Å². The first-order valence-corrected chi connectivity index (χ1v) is 9.28. The monoisotopic (exact) mass is 364 g/mol. The highest BCUT2D eigenvalue weighted by atomic mass is 16.5. The van der Waals surface area contributed by atoms with Gasteiger partial charge in [0.2, 0.25) is 0 Å². The number of aryl methyl sites for hydroxylation is 1. The maximum absolute atomic E-state index is 13.0. The molecule has 3 heterocycles. The molecule has 1 aliphatic heterocycles. The van der Waals surface area contributed by atoms with E-state index >= 15 is 0 Å². The topological polar surface area (TPSA) is 64.2 Å². The molecule has 140 valence electrons. The molecule has 0 radical (unpaired) electrons. The minimum Gasteiger partial charge on any atom is -0.355 e. The first-order chi connectivity index (χ1) is 13.0. The van der Waals surface area contributed by atoms with Crippen molar-refractivity contribution >= 4 is 5.91 Å². The zero-order chi connectivity index (χ0) is 19.0. The van der Waals surface area contributed by atoms with Gasteiger partial charge in [0.15, 0.2) is 11.5 Å². The van der Waals surface area contributed by atoms with Gasteiger partial charge < -0.3 is 9.42 Å². The van der Waals surface area contributed by atoms with Gasteiger partial charge in [-0.1, -0.05) is 42.4 Å². The minimum atomic E-state index is -0.0756. The fourth-order valence-corrected chi connectivity index (χ4v) is 3.89. The number of carbonyl (C=O) groups is 1. The zero-order valence-corrected chi connectivity index (χ0v) is 16.0. The smallest absolute Gasteiger partial charge is 0.276 e. The fraction of sp³-hybridized carbons (Fsp3) is 0.381. The third-order valence-electron chi connectivity index (χ3n) is 5.68. The van der Waals surface area contributed by atoms with Gasteiger partial charge in [-0.3, -0.25) is 9.48 Å². The predicted octanol–water partition coefficient (Wildman–Crippen LogP) is 3.58. The van der Waals surface area contributed by atoms with Crippen LogP contribution in [0, 0.1) is 6.92 Å². The van der Waals surface area contributed by atoms with Crippen molar-refractivity contribution in [1.29, 1.82) is 0 Å². The van der Waals surface area contributed by atoms with E-state index < -0.39 is 0 Å². The predicted molar refractivity (Wildman–Crippen MR) is 102 cm³/mol. The van der Waals surface area contributed by atoms with E-state index in [0.29, 0.717) is 18.0 Å². The summed E-state index contributed by atoms with van der Waals surface area (Å²) in [5.74, 6) is 0.500. The number of piperidine rings is 1. The summed E-state index contributed by atoms with van der Waals surface area (Å²) in [5, 5.41) is 8.26. The summed E-state index contributed by atoms with van der Waals surface area (Å²) in [6, 6.07) is 12.2. The SMILES string of the molecule is Cc1c(-c2cc(C(=O)N3CCC[C@](C)(c4ccccc4)C3)no2)cnn1C. The zero-order valence-electron chi connectivity index (χ0n) is 16.0. The molecule has 0 saturated carbocycles. The lowest BCUT2D eigenvalue weighted by atomic mass is 9.76. The van der Waals surface area contributed by atoms with Crippen LogP contribution < -0.4 is 0 Å². The quantitative estimate of drug-likeness (QED) is 0.713. The molecule has 1 saturated heterocycles. The van der Waals surface area contributed by atoms with Crippen LogP contribution in [0.2, 0.25) is 0 Å². The van der Waals surface area contributed by atoms with Gasteiger partial charge >= 0.3 is 0 Å². The molecule has 0 N–H and O–H groups in total. The molecule has 0 unspecified atom stereocenters. The van der Waals surface area contributed by atoms with Crippen molar-refractivity contribution in [2.45, 2.75) is 32.1 Å².